The van der Waals surface area contributed by atoms with E-state index in [1.54, 1.807) is 11.3 Å². The molecule has 0 aliphatic rings. The molecule has 1 aromatic rings. The highest BCUT2D eigenvalue weighted by Gasteiger charge is 2.32. The SMILES string of the molecule is CC(C)[C@H](N[S+]([O-])C(C)(C)C)c1sccc1Cl. The Morgan fingerprint density at radius 1 is 1.41 bits per heavy atom. The monoisotopic (exact) mass is 293 g/mol. The molecule has 0 spiro atoms. The third kappa shape index (κ3) is 4.14. The van der Waals surface area contributed by atoms with Crippen LogP contribution >= 0.6 is 22.9 Å². The van der Waals surface area contributed by atoms with Gasteiger partial charge in [0.05, 0.1) is 11.1 Å². The third-order valence-corrected chi connectivity index (χ3v) is 5.41. The Labute approximate surface area is 116 Å². The van der Waals surface area contributed by atoms with Gasteiger partial charge in [0.25, 0.3) is 0 Å². The summed E-state index contributed by atoms with van der Waals surface area (Å²) in [7, 11) is 0. The normalized spacial score (nSPS) is 16.2. The topological polar surface area (TPSA) is 35.1 Å². The maximum atomic E-state index is 12.1. The molecule has 0 amide bonds. The van der Waals surface area contributed by atoms with Crippen molar-refractivity contribution in [1.82, 2.24) is 4.72 Å². The summed E-state index contributed by atoms with van der Waals surface area (Å²) in [5.74, 6) is 0.345. The third-order valence-electron chi connectivity index (χ3n) is 2.38. The maximum absolute atomic E-state index is 12.1. The number of hydrogen-bond acceptors (Lipinski definition) is 3. The molecule has 0 aliphatic heterocycles. The van der Waals surface area contributed by atoms with Gasteiger partial charge in [-0.2, -0.15) is 0 Å². The predicted octanol–water partition coefficient (Wildman–Crippen LogP) is 4.15. The molecule has 2 nitrogen and oxygen atoms in total. The van der Waals surface area contributed by atoms with Crippen molar-refractivity contribution in [2.24, 2.45) is 5.92 Å². The van der Waals surface area contributed by atoms with Gasteiger partial charge in [0.2, 0.25) is 0 Å². The van der Waals surface area contributed by atoms with E-state index < -0.39 is 11.4 Å². The lowest BCUT2D eigenvalue weighted by molar-refractivity contribution is 0.457. The molecule has 0 fully saturated rings. The summed E-state index contributed by atoms with van der Waals surface area (Å²) < 4.78 is 15.1. The number of nitrogens with one attached hydrogen (secondary N) is 1. The van der Waals surface area contributed by atoms with Crippen LogP contribution in [0.25, 0.3) is 0 Å². The Morgan fingerprint density at radius 3 is 2.35 bits per heavy atom. The second kappa shape index (κ2) is 5.93. The smallest absolute Gasteiger partial charge is 0.136 e. The molecule has 1 aromatic heterocycles. The van der Waals surface area contributed by atoms with Gasteiger partial charge in [-0.25, -0.2) is 0 Å². The Balaban J connectivity index is 2.86. The zero-order valence-corrected chi connectivity index (χ0v) is 13.3. The molecular formula is C12H20ClNOS2. The quantitative estimate of drug-likeness (QED) is 0.846. The van der Waals surface area contributed by atoms with Crippen LogP contribution in [0.15, 0.2) is 11.4 Å². The summed E-state index contributed by atoms with van der Waals surface area (Å²) in [4.78, 5) is 1.07. The van der Waals surface area contributed by atoms with Crippen LogP contribution in [0.4, 0.5) is 0 Å². The van der Waals surface area contributed by atoms with Gasteiger partial charge in [0, 0.05) is 16.2 Å². The van der Waals surface area contributed by atoms with Crippen molar-refractivity contribution in [3.05, 3.63) is 21.3 Å². The highest BCUT2D eigenvalue weighted by molar-refractivity contribution is 7.90. The van der Waals surface area contributed by atoms with Crippen molar-refractivity contribution < 1.29 is 4.55 Å². The summed E-state index contributed by atoms with van der Waals surface area (Å²) in [5, 5.41) is 2.72. The first-order valence-electron chi connectivity index (χ1n) is 5.64. The molecule has 0 saturated carbocycles. The van der Waals surface area contributed by atoms with E-state index in [1.165, 1.54) is 0 Å². The van der Waals surface area contributed by atoms with Gasteiger partial charge in [-0.15, -0.1) is 16.1 Å². The molecule has 1 rings (SSSR count). The summed E-state index contributed by atoms with van der Waals surface area (Å²) in [6, 6.07) is 1.93. The van der Waals surface area contributed by atoms with Gasteiger partial charge in [-0.05, 0) is 38.1 Å². The van der Waals surface area contributed by atoms with Crippen molar-refractivity contribution in [1.29, 1.82) is 0 Å². The zero-order valence-electron chi connectivity index (χ0n) is 10.9. The average molecular weight is 294 g/mol. The summed E-state index contributed by atoms with van der Waals surface area (Å²) in [6.07, 6.45) is 0. The molecule has 1 heterocycles. The van der Waals surface area contributed by atoms with Crippen LogP contribution in [0.2, 0.25) is 5.02 Å². The fraction of sp³-hybridized carbons (Fsp3) is 0.667. The van der Waals surface area contributed by atoms with Gasteiger partial charge in [-0.1, -0.05) is 25.4 Å². The summed E-state index contributed by atoms with van der Waals surface area (Å²) in [6.45, 7) is 10.1. The van der Waals surface area contributed by atoms with E-state index in [4.69, 9.17) is 11.6 Å². The van der Waals surface area contributed by atoms with E-state index in [2.05, 4.69) is 18.6 Å². The number of hydrogen-bond donors (Lipinski definition) is 1. The molecule has 0 bridgehead atoms. The van der Waals surface area contributed by atoms with E-state index in [0.717, 1.165) is 9.90 Å². The Morgan fingerprint density at radius 2 is 2.00 bits per heavy atom. The number of halogens is 1. The van der Waals surface area contributed by atoms with E-state index in [-0.39, 0.29) is 10.8 Å². The zero-order chi connectivity index (χ0) is 13.2. The van der Waals surface area contributed by atoms with Crippen molar-refractivity contribution >= 4 is 34.3 Å². The molecule has 0 saturated heterocycles. The highest BCUT2D eigenvalue weighted by atomic mass is 35.5. The van der Waals surface area contributed by atoms with E-state index in [9.17, 15) is 4.55 Å². The van der Waals surface area contributed by atoms with Gasteiger partial charge in [0.15, 0.2) is 0 Å². The molecule has 0 aliphatic carbocycles. The van der Waals surface area contributed by atoms with Crippen LogP contribution in [-0.4, -0.2) is 9.30 Å². The van der Waals surface area contributed by atoms with Gasteiger partial charge >= 0.3 is 0 Å². The fourth-order valence-corrected chi connectivity index (χ4v) is 3.76. The van der Waals surface area contributed by atoms with Gasteiger partial charge in [0.1, 0.15) is 4.75 Å². The number of thiophene rings is 1. The number of rotatable bonds is 4. The van der Waals surface area contributed by atoms with Crippen LogP contribution in [-0.2, 0) is 11.4 Å². The first kappa shape index (κ1) is 15.3. The molecule has 98 valence electrons. The minimum absolute atomic E-state index is 0.0440. The predicted molar refractivity (Wildman–Crippen MR) is 77.9 cm³/mol. The van der Waals surface area contributed by atoms with Crippen molar-refractivity contribution in [3.8, 4) is 0 Å². The molecule has 5 heteroatoms. The van der Waals surface area contributed by atoms with E-state index in [0.29, 0.717) is 5.92 Å². The van der Waals surface area contributed by atoms with Gasteiger partial charge < -0.3 is 4.55 Å². The highest BCUT2D eigenvalue weighted by Crippen LogP contribution is 2.34. The lowest BCUT2D eigenvalue weighted by Crippen LogP contribution is -2.42. The molecule has 1 unspecified atom stereocenters. The summed E-state index contributed by atoms with van der Waals surface area (Å²) in [5.41, 5.74) is 0. The summed E-state index contributed by atoms with van der Waals surface area (Å²) >= 11 is 6.67. The first-order valence-corrected chi connectivity index (χ1v) is 8.05. The molecule has 0 radical (unpaired) electrons. The largest absolute Gasteiger partial charge is 0.598 e. The van der Waals surface area contributed by atoms with Crippen molar-refractivity contribution in [2.75, 3.05) is 0 Å². The molecule has 2 atom stereocenters. The Hall–Kier alpha value is 0.260. The lowest BCUT2D eigenvalue weighted by Gasteiger charge is -2.29. The van der Waals surface area contributed by atoms with Crippen LogP contribution in [0.5, 0.6) is 0 Å². The Bertz CT molecular complexity index is 360. The van der Waals surface area contributed by atoms with E-state index >= 15 is 0 Å². The van der Waals surface area contributed by atoms with Gasteiger partial charge in [-0.3, -0.25) is 0 Å². The molecule has 17 heavy (non-hydrogen) atoms. The fourth-order valence-electron chi connectivity index (χ4n) is 1.31. The Kier molecular flexibility index (Phi) is 5.35. The second-order valence-electron chi connectivity index (χ2n) is 5.35. The van der Waals surface area contributed by atoms with Crippen LogP contribution in [0.3, 0.4) is 0 Å². The minimum Gasteiger partial charge on any atom is -0.598 e. The second-order valence-corrected chi connectivity index (χ2v) is 8.71. The van der Waals surface area contributed by atoms with Crippen molar-refractivity contribution in [3.63, 3.8) is 0 Å². The minimum atomic E-state index is -1.08. The first-order chi connectivity index (χ1) is 7.73. The molecule has 0 aromatic carbocycles. The van der Waals surface area contributed by atoms with Crippen LogP contribution in [0, 0.1) is 5.92 Å². The van der Waals surface area contributed by atoms with Crippen LogP contribution < -0.4 is 4.72 Å². The standard InChI is InChI=1S/C12H20ClNOS2/c1-8(2)10(11-9(13)6-7-16-11)14-17(15)12(3,4)5/h6-8,10,14H,1-5H3/t10-,17?/m0/s1. The average Bonchev–Trinajstić information content (AvgIpc) is 2.58. The molecular weight excluding hydrogens is 274 g/mol. The van der Waals surface area contributed by atoms with E-state index in [1.807, 2.05) is 32.2 Å². The lowest BCUT2D eigenvalue weighted by atomic mass is 10.0. The van der Waals surface area contributed by atoms with Crippen LogP contribution in [0.1, 0.15) is 45.5 Å². The van der Waals surface area contributed by atoms with Crippen molar-refractivity contribution in [2.45, 2.75) is 45.4 Å². The molecule has 1 N–H and O–H groups in total. The maximum Gasteiger partial charge on any atom is 0.136 e.